The van der Waals surface area contributed by atoms with E-state index in [9.17, 15) is 13.2 Å². The molecule has 0 bridgehead atoms. The van der Waals surface area contributed by atoms with E-state index in [-0.39, 0.29) is 0 Å². The smallest absolute Gasteiger partial charge is 0.171 e. The van der Waals surface area contributed by atoms with Crippen molar-refractivity contribution in [2.75, 3.05) is 0 Å². The average molecular weight is 235 g/mol. The van der Waals surface area contributed by atoms with Gasteiger partial charge in [0, 0.05) is 0 Å². The summed E-state index contributed by atoms with van der Waals surface area (Å²) in [5.74, 6) is -1.06. The summed E-state index contributed by atoms with van der Waals surface area (Å²) in [6, 6.07) is 0. The molecule has 0 aromatic heterocycles. The summed E-state index contributed by atoms with van der Waals surface area (Å²) in [6.07, 6.45) is 6.66. The monoisotopic (exact) mass is 235 g/mol. The average Bonchev–Trinajstić information content (AvgIpc) is 2.16. The molecule has 1 aliphatic rings. The highest BCUT2D eigenvalue weighted by atomic mass is 19.4. The second-order valence-corrected chi connectivity index (χ2v) is 4.80. The normalized spacial score (nSPS) is 23.4. The van der Waals surface area contributed by atoms with Gasteiger partial charge in [-0.15, -0.1) is 0 Å². The zero-order valence-corrected chi connectivity index (χ0v) is 9.86. The fraction of sp³-hybridized carbons (Fsp3) is 0.923. The van der Waals surface area contributed by atoms with E-state index in [0.717, 1.165) is 32.1 Å². The molecule has 16 heavy (non-hydrogen) atoms. The summed E-state index contributed by atoms with van der Waals surface area (Å²) < 4.78 is 38.0. The van der Waals surface area contributed by atoms with Gasteiger partial charge < -0.3 is 0 Å². The van der Waals surface area contributed by atoms with Gasteiger partial charge in [-0.2, -0.15) is 13.2 Å². The minimum atomic E-state index is -3.98. The molecule has 0 amide bonds. The van der Waals surface area contributed by atoms with Gasteiger partial charge in [0.15, 0.2) is 0 Å². The lowest BCUT2D eigenvalue weighted by Crippen LogP contribution is -2.23. The molecular formula is C13H22F3. The number of alkyl halides is 3. The lowest BCUT2D eigenvalue weighted by atomic mass is 9.92. The van der Waals surface area contributed by atoms with Crippen LogP contribution in [0.2, 0.25) is 0 Å². The summed E-state index contributed by atoms with van der Waals surface area (Å²) in [5.41, 5.74) is 0. The molecule has 3 heteroatoms. The van der Waals surface area contributed by atoms with E-state index in [0.29, 0.717) is 19.3 Å². The molecule has 0 N–H and O–H groups in total. The quantitative estimate of drug-likeness (QED) is 0.535. The molecule has 0 saturated heterocycles. The predicted octanol–water partition coefficient (Wildman–Crippen LogP) is 5.28. The van der Waals surface area contributed by atoms with Crippen molar-refractivity contribution < 1.29 is 13.2 Å². The maximum atomic E-state index is 12.7. The number of hydrogen-bond donors (Lipinski definition) is 0. The summed E-state index contributed by atoms with van der Waals surface area (Å²) >= 11 is 0. The summed E-state index contributed by atoms with van der Waals surface area (Å²) in [4.78, 5) is 0. The van der Waals surface area contributed by atoms with Gasteiger partial charge in [-0.05, 0) is 19.3 Å². The van der Waals surface area contributed by atoms with Crippen LogP contribution in [0.5, 0.6) is 0 Å². The van der Waals surface area contributed by atoms with Crippen molar-refractivity contribution in [3.05, 3.63) is 6.42 Å². The first kappa shape index (κ1) is 13.9. The Kier molecular flexibility index (Phi) is 6.22. The van der Waals surface area contributed by atoms with Crippen LogP contribution in [-0.4, -0.2) is 6.18 Å². The SMILES string of the molecule is FC(F)(F)C1CCC[CH]CCCCCCC1. The van der Waals surface area contributed by atoms with Gasteiger partial charge >= 0.3 is 6.18 Å². The van der Waals surface area contributed by atoms with Gasteiger partial charge in [-0.3, -0.25) is 0 Å². The van der Waals surface area contributed by atoms with Crippen LogP contribution < -0.4 is 0 Å². The molecule has 1 rings (SSSR count). The van der Waals surface area contributed by atoms with E-state index >= 15 is 0 Å². The lowest BCUT2D eigenvalue weighted by Gasteiger charge is -2.20. The first-order chi connectivity index (χ1) is 7.61. The third kappa shape index (κ3) is 5.76. The van der Waals surface area contributed by atoms with Crippen LogP contribution in [0.3, 0.4) is 0 Å². The minimum Gasteiger partial charge on any atom is -0.171 e. The summed E-state index contributed by atoms with van der Waals surface area (Å²) in [6.45, 7) is 0. The maximum absolute atomic E-state index is 12.7. The van der Waals surface area contributed by atoms with Crippen LogP contribution in [-0.2, 0) is 0 Å². The number of hydrogen-bond acceptors (Lipinski definition) is 0. The zero-order valence-electron chi connectivity index (χ0n) is 9.86. The second-order valence-electron chi connectivity index (χ2n) is 4.80. The third-order valence-corrected chi connectivity index (χ3v) is 3.38. The Morgan fingerprint density at radius 3 is 2.06 bits per heavy atom. The molecule has 1 radical (unpaired) electrons. The fourth-order valence-electron chi connectivity index (χ4n) is 2.33. The second kappa shape index (κ2) is 7.18. The summed E-state index contributed by atoms with van der Waals surface area (Å²) in [5, 5.41) is 0. The van der Waals surface area contributed by atoms with Crippen LogP contribution in [0, 0.1) is 12.3 Å². The van der Waals surface area contributed by atoms with E-state index < -0.39 is 12.1 Å². The number of rotatable bonds is 0. The van der Waals surface area contributed by atoms with Crippen molar-refractivity contribution in [1.29, 1.82) is 0 Å². The van der Waals surface area contributed by atoms with Crippen LogP contribution in [0.25, 0.3) is 0 Å². The van der Waals surface area contributed by atoms with Crippen LogP contribution in [0.1, 0.15) is 64.2 Å². The molecule has 1 fully saturated rings. The topological polar surface area (TPSA) is 0 Å². The molecule has 0 spiro atoms. The molecule has 1 unspecified atom stereocenters. The molecule has 1 aliphatic carbocycles. The van der Waals surface area contributed by atoms with Crippen LogP contribution in [0.4, 0.5) is 13.2 Å². The third-order valence-electron chi connectivity index (χ3n) is 3.38. The van der Waals surface area contributed by atoms with E-state index in [1.807, 2.05) is 0 Å². The molecular weight excluding hydrogens is 213 g/mol. The van der Waals surface area contributed by atoms with Gasteiger partial charge in [0.1, 0.15) is 0 Å². The van der Waals surface area contributed by atoms with Gasteiger partial charge in [-0.1, -0.05) is 51.4 Å². The molecule has 0 aliphatic heterocycles. The molecule has 1 atom stereocenters. The van der Waals surface area contributed by atoms with Gasteiger partial charge in [0.05, 0.1) is 5.92 Å². The molecule has 95 valence electrons. The van der Waals surface area contributed by atoms with Crippen molar-refractivity contribution in [2.45, 2.75) is 70.4 Å². The predicted molar refractivity (Wildman–Crippen MR) is 60.0 cm³/mol. The van der Waals surface area contributed by atoms with E-state index in [4.69, 9.17) is 0 Å². The Morgan fingerprint density at radius 1 is 0.750 bits per heavy atom. The van der Waals surface area contributed by atoms with Crippen LogP contribution >= 0.6 is 0 Å². The standard InChI is InChI=1S/C13H22F3/c14-13(15,16)12-10-8-6-4-2-1-3-5-7-9-11-12/h4,12H,1-3,5-11H2. The van der Waals surface area contributed by atoms with Crippen molar-refractivity contribution in [2.24, 2.45) is 5.92 Å². The Labute approximate surface area is 96.6 Å². The molecule has 0 aromatic rings. The van der Waals surface area contributed by atoms with Crippen molar-refractivity contribution in [3.63, 3.8) is 0 Å². The Bertz CT molecular complexity index is 163. The largest absolute Gasteiger partial charge is 0.391 e. The molecule has 0 aromatic carbocycles. The van der Waals surface area contributed by atoms with Gasteiger partial charge in [0.25, 0.3) is 0 Å². The first-order valence-electron chi connectivity index (χ1n) is 6.49. The summed E-state index contributed by atoms with van der Waals surface area (Å²) in [7, 11) is 0. The van der Waals surface area contributed by atoms with Crippen molar-refractivity contribution in [1.82, 2.24) is 0 Å². The highest BCUT2D eigenvalue weighted by Gasteiger charge is 2.38. The van der Waals surface area contributed by atoms with Crippen molar-refractivity contribution >= 4 is 0 Å². The minimum absolute atomic E-state index is 0.319. The van der Waals surface area contributed by atoms with Gasteiger partial charge in [-0.25, -0.2) is 0 Å². The molecule has 0 nitrogen and oxygen atoms in total. The Morgan fingerprint density at radius 2 is 1.31 bits per heavy atom. The number of halogens is 3. The van der Waals surface area contributed by atoms with Gasteiger partial charge in [0.2, 0.25) is 0 Å². The first-order valence-corrected chi connectivity index (χ1v) is 6.49. The highest BCUT2D eigenvalue weighted by molar-refractivity contribution is 4.72. The Balaban J connectivity index is 2.36. The van der Waals surface area contributed by atoms with E-state index in [1.54, 1.807) is 0 Å². The van der Waals surface area contributed by atoms with Crippen molar-refractivity contribution in [3.8, 4) is 0 Å². The van der Waals surface area contributed by atoms with E-state index in [1.165, 1.54) is 12.8 Å². The lowest BCUT2D eigenvalue weighted by molar-refractivity contribution is -0.178. The molecule has 1 saturated carbocycles. The fourth-order valence-corrected chi connectivity index (χ4v) is 2.33. The molecule has 0 heterocycles. The van der Waals surface area contributed by atoms with E-state index in [2.05, 4.69) is 6.42 Å². The maximum Gasteiger partial charge on any atom is 0.391 e. The van der Waals surface area contributed by atoms with Crippen LogP contribution in [0.15, 0.2) is 0 Å². The Hall–Kier alpha value is -0.210. The highest BCUT2D eigenvalue weighted by Crippen LogP contribution is 2.34. The zero-order chi connectivity index (χ0) is 11.9.